The number of rotatable bonds is 4. The molecule has 8 nitrogen and oxygen atoms in total. The van der Waals surface area contributed by atoms with E-state index in [0.29, 0.717) is 30.9 Å². The van der Waals surface area contributed by atoms with Gasteiger partial charge in [-0.15, -0.1) is 0 Å². The van der Waals surface area contributed by atoms with E-state index in [0.717, 1.165) is 17.7 Å². The summed E-state index contributed by atoms with van der Waals surface area (Å²) < 4.78 is 0. The largest absolute Gasteiger partial charge is 0.483 e. The second-order valence-corrected chi connectivity index (χ2v) is 8.25. The van der Waals surface area contributed by atoms with Crippen LogP contribution < -0.4 is 5.32 Å². The van der Waals surface area contributed by atoms with Crippen molar-refractivity contribution in [1.82, 2.24) is 14.9 Å². The number of nitrogens with one attached hydrogen (secondary N) is 2. The number of aromatic amines is 1. The van der Waals surface area contributed by atoms with Crippen LogP contribution >= 0.6 is 0 Å². The van der Waals surface area contributed by atoms with E-state index in [-0.39, 0.29) is 24.3 Å². The lowest BCUT2D eigenvalue weighted by atomic mass is 9.73. The van der Waals surface area contributed by atoms with Crippen LogP contribution in [0.1, 0.15) is 40.3 Å². The number of aryl methyl sites for hydroxylation is 2. The Hall–Kier alpha value is -3.94. The summed E-state index contributed by atoms with van der Waals surface area (Å²) in [5.41, 5.74) is 2.83. The van der Waals surface area contributed by atoms with Gasteiger partial charge in [0.15, 0.2) is 0 Å². The number of carbonyl (C=O) groups excluding carboxylic acids is 2. The van der Waals surface area contributed by atoms with E-state index in [9.17, 15) is 9.59 Å². The number of benzene rings is 2. The topological polar surface area (TPSA) is 115 Å². The Balaban J connectivity index is 0.000000821. The molecule has 5 rings (SSSR count). The first-order valence-electron chi connectivity index (χ1n) is 10.9. The first-order chi connectivity index (χ1) is 16.0. The molecule has 0 radical (unpaired) electrons. The molecule has 1 aromatic heterocycles. The molecular weight excluding hydrogens is 420 g/mol. The van der Waals surface area contributed by atoms with Gasteiger partial charge in [0.2, 0.25) is 5.91 Å². The number of H-pyrrole nitrogens is 1. The molecule has 3 N–H and O–H groups in total. The maximum Gasteiger partial charge on any atom is 0.290 e. The van der Waals surface area contributed by atoms with Crippen molar-refractivity contribution >= 4 is 24.0 Å². The van der Waals surface area contributed by atoms with Crippen molar-refractivity contribution in [3.05, 3.63) is 83.4 Å². The zero-order valence-electron chi connectivity index (χ0n) is 18.3. The number of para-hydroxylation sites is 1. The van der Waals surface area contributed by atoms with Gasteiger partial charge < -0.3 is 20.3 Å². The molecule has 8 heteroatoms. The van der Waals surface area contributed by atoms with Crippen LogP contribution in [-0.4, -0.2) is 50.8 Å². The second kappa shape index (κ2) is 9.28. The smallest absolute Gasteiger partial charge is 0.290 e. The number of likely N-dealkylation sites (tertiary alicyclic amines) is 1. The Bertz CT molecular complexity index is 1160. The minimum atomic E-state index is -0.712. The van der Waals surface area contributed by atoms with Crippen LogP contribution in [-0.2, 0) is 21.4 Å². The molecule has 1 spiro atoms. The van der Waals surface area contributed by atoms with Gasteiger partial charge in [0.05, 0.1) is 17.7 Å². The van der Waals surface area contributed by atoms with E-state index >= 15 is 0 Å². The van der Waals surface area contributed by atoms with Crippen LogP contribution in [0.4, 0.5) is 5.69 Å². The number of hydrogen-bond donors (Lipinski definition) is 3. The summed E-state index contributed by atoms with van der Waals surface area (Å²) in [6, 6.07) is 17.9. The summed E-state index contributed by atoms with van der Waals surface area (Å²) in [5, 5.41) is 9.95. The fourth-order valence-electron chi connectivity index (χ4n) is 5.08. The summed E-state index contributed by atoms with van der Waals surface area (Å²) in [7, 11) is 0. The van der Waals surface area contributed by atoms with Gasteiger partial charge in [-0.1, -0.05) is 48.5 Å². The Labute approximate surface area is 191 Å². The summed E-state index contributed by atoms with van der Waals surface area (Å²) in [6.45, 7) is 2.12. The number of hydrogen-bond acceptors (Lipinski definition) is 4. The number of nitrogens with zero attached hydrogens (tertiary/aromatic N) is 2. The summed E-state index contributed by atoms with van der Waals surface area (Å²) in [4.78, 5) is 44.2. The summed E-state index contributed by atoms with van der Waals surface area (Å²) >= 11 is 0. The van der Waals surface area contributed by atoms with Crippen molar-refractivity contribution < 1.29 is 19.5 Å². The van der Waals surface area contributed by atoms with Crippen LogP contribution in [0.2, 0.25) is 0 Å². The Morgan fingerprint density at radius 2 is 1.91 bits per heavy atom. The van der Waals surface area contributed by atoms with Crippen molar-refractivity contribution in [3.8, 4) is 0 Å². The van der Waals surface area contributed by atoms with Crippen LogP contribution in [0, 0.1) is 6.92 Å². The van der Waals surface area contributed by atoms with Gasteiger partial charge >= 0.3 is 0 Å². The Morgan fingerprint density at radius 3 is 2.61 bits per heavy atom. The molecular formula is C25H26N4O4. The lowest BCUT2D eigenvalue weighted by Gasteiger charge is -2.34. The molecule has 3 heterocycles. The number of aromatic nitrogens is 2. The fraction of sp³-hybridized carbons (Fsp3) is 0.280. The van der Waals surface area contributed by atoms with E-state index < -0.39 is 5.41 Å². The minimum Gasteiger partial charge on any atom is -0.483 e. The number of anilines is 1. The number of fused-ring (bicyclic) bond motifs is 2. The third-order valence-electron chi connectivity index (χ3n) is 6.50. The van der Waals surface area contributed by atoms with Crippen molar-refractivity contribution in [3.63, 3.8) is 0 Å². The molecule has 0 aliphatic carbocycles. The lowest BCUT2D eigenvalue weighted by Crippen LogP contribution is -2.49. The second-order valence-electron chi connectivity index (χ2n) is 8.25. The lowest BCUT2D eigenvalue weighted by molar-refractivity contribution is -0.123. The molecule has 1 saturated heterocycles. The molecule has 0 unspecified atom stereocenters. The van der Waals surface area contributed by atoms with Gasteiger partial charge in [0.25, 0.3) is 12.4 Å². The SMILES string of the molecule is Cc1ncc(C(=O)N2CC[C@@]3(C(=O)Nc4ccccc43)[C@@H]2CCc2ccccc2)[nH]1.O=CO. The van der Waals surface area contributed by atoms with Crippen molar-refractivity contribution in [1.29, 1.82) is 0 Å². The predicted molar refractivity (Wildman–Crippen MR) is 123 cm³/mol. The van der Waals surface area contributed by atoms with E-state index in [1.807, 2.05) is 54.3 Å². The van der Waals surface area contributed by atoms with Gasteiger partial charge in [0, 0.05) is 12.2 Å². The molecule has 33 heavy (non-hydrogen) atoms. The van der Waals surface area contributed by atoms with Crippen LogP contribution in [0.3, 0.4) is 0 Å². The Kier molecular flexibility index (Phi) is 6.26. The van der Waals surface area contributed by atoms with Gasteiger partial charge in [-0.25, -0.2) is 4.98 Å². The van der Waals surface area contributed by atoms with Crippen LogP contribution in [0.25, 0.3) is 0 Å². The van der Waals surface area contributed by atoms with Crippen molar-refractivity contribution in [2.45, 2.75) is 37.6 Å². The first kappa shape index (κ1) is 22.3. The highest BCUT2D eigenvalue weighted by molar-refractivity contribution is 6.08. The molecule has 2 amide bonds. The normalized spacial score (nSPS) is 20.7. The number of amides is 2. The molecule has 1 fully saturated rings. The standard InChI is InChI=1S/C24H24N4O2.CH2O2/c1-16-25-15-20(26-16)22(29)28-14-13-24(18-9-5-6-10-19(18)27-23(24)30)21(28)12-11-17-7-3-2-4-8-17;2-1-3/h2-10,15,21H,11-14H2,1H3,(H,25,26)(H,27,30);1H,(H,2,3)/t21-,24-;/m0./s1. The zero-order valence-corrected chi connectivity index (χ0v) is 18.3. The van der Waals surface area contributed by atoms with E-state index in [2.05, 4.69) is 27.4 Å². The number of carbonyl (C=O) groups is 3. The Morgan fingerprint density at radius 1 is 1.21 bits per heavy atom. The van der Waals surface area contributed by atoms with Crippen molar-refractivity contribution in [2.24, 2.45) is 0 Å². The monoisotopic (exact) mass is 446 g/mol. The molecule has 170 valence electrons. The van der Waals surface area contributed by atoms with Gasteiger partial charge in [-0.2, -0.15) is 0 Å². The van der Waals surface area contributed by atoms with Gasteiger partial charge in [-0.3, -0.25) is 14.4 Å². The summed E-state index contributed by atoms with van der Waals surface area (Å²) in [6.07, 6.45) is 3.72. The number of carboxylic acid groups (broad SMARTS) is 1. The molecule has 2 aromatic carbocycles. The molecule has 0 saturated carbocycles. The highest BCUT2D eigenvalue weighted by Gasteiger charge is 2.58. The third-order valence-corrected chi connectivity index (χ3v) is 6.50. The fourth-order valence-corrected chi connectivity index (χ4v) is 5.08. The highest BCUT2D eigenvalue weighted by Crippen LogP contribution is 2.49. The average Bonchev–Trinajstić information content (AvgIpc) is 3.50. The summed E-state index contributed by atoms with van der Waals surface area (Å²) in [5.74, 6) is 0.609. The molecule has 2 aliphatic rings. The van der Waals surface area contributed by atoms with Crippen LogP contribution in [0.5, 0.6) is 0 Å². The molecule has 0 bridgehead atoms. The predicted octanol–water partition coefficient (Wildman–Crippen LogP) is 3.16. The molecule has 3 aromatic rings. The van der Waals surface area contributed by atoms with E-state index in [1.165, 1.54) is 5.56 Å². The highest BCUT2D eigenvalue weighted by atomic mass is 16.3. The zero-order chi connectivity index (χ0) is 23.4. The number of imidazole rings is 1. The maximum atomic E-state index is 13.4. The third kappa shape index (κ3) is 4.00. The average molecular weight is 447 g/mol. The van der Waals surface area contributed by atoms with Gasteiger partial charge in [0.1, 0.15) is 11.5 Å². The van der Waals surface area contributed by atoms with Crippen LogP contribution in [0.15, 0.2) is 60.8 Å². The van der Waals surface area contributed by atoms with Gasteiger partial charge in [-0.05, 0) is 43.4 Å². The van der Waals surface area contributed by atoms with E-state index in [4.69, 9.17) is 9.90 Å². The molecule has 2 aliphatic heterocycles. The molecule has 2 atom stereocenters. The minimum absolute atomic E-state index is 0.00199. The maximum absolute atomic E-state index is 13.4. The quantitative estimate of drug-likeness (QED) is 0.533. The van der Waals surface area contributed by atoms with Crippen molar-refractivity contribution in [2.75, 3.05) is 11.9 Å². The first-order valence-corrected chi connectivity index (χ1v) is 10.9. The van der Waals surface area contributed by atoms with E-state index in [1.54, 1.807) is 6.20 Å².